The van der Waals surface area contributed by atoms with Crippen LogP contribution in [0.25, 0.3) is 0 Å². The lowest BCUT2D eigenvalue weighted by Crippen LogP contribution is -2.54. The molecule has 4 nitrogen and oxygen atoms in total. The first-order valence-electron chi connectivity index (χ1n) is 4.54. The molecule has 0 saturated carbocycles. The summed E-state index contributed by atoms with van der Waals surface area (Å²) >= 11 is 3.24. The number of nitrogens with one attached hydrogen (secondary N) is 1. The van der Waals surface area contributed by atoms with Gasteiger partial charge in [0.15, 0.2) is 0 Å². The Bertz CT molecular complexity index is 192. The minimum Gasteiger partial charge on any atom is -0.394 e. The minimum atomic E-state index is -0.946. The molecule has 0 spiro atoms. The van der Waals surface area contributed by atoms with Crippen molar-refractivity contribution in [3.8, 4) is 0 Å². The number of aliphatic hydroxyl groups excluding tert-OH is 2. The summed E-state index contributed by atoms with van der Waals surface area (Å²) in [6.45, 7) is 4.84. The molecule has 0 saturated heterocycles. The Balaban J connectivity index is 4.30. The number of carbonyl (C=O) groups is 1. The Hall–Kier alpha value is -0.130. The van der Waals surface area contributed by atoms with E-state index < -0.39 is 5.54 Å². The molecular formula is C9H18BrNO3. The maximum Gasteiger partial charge on any atom is 0.234 e. The lowest BCUT2D eigenvalue weighted by Gasteiger charge is -2.28. The molecule has 0 aliphatic carbocycles. The van der Waals surface area contributed by atoms with Crippen LogP contribution in [0.15, 0.2) is 0 Å². The van der Waals surface area contributed by atoms with Gasteiger partial charge < -0.3 is 15.5 Å². The Morgan fingerprint density at radius 1 is 1.43 bits per heavy atom. The van der Waals surface area contributed by atoms with Gasteiger partial charge in [0, 0.05) is 0 Å². The minimum absolute atomic E-state index is 0.164. The standard InChI is InChI=1S/C9H18BrNO3/c1-6(2)7(10)8(14)11-9(3,4-12)5-13/h6-7,12-13H,4-5H2,1-3H3,(H,11,14). The number of aliphatic hydroxyl groups is 2. The second kappa shape index (κ2) is 5.68. The number of rotatable bonds is 5. The monoisotopic (exact) mass is 267 g/mol. The zero-order chi connectivity index (χ0) is 11.4. The van der Waals surface area contributed by atoms with Crippen molar-refractivity contribution in [3.05, 3.63) is 0 Å². The highest BCUT2D eigenvalue weighted by Gasteiger charge is 2.28. The van der Waals surface area contributed by atoms with Crippen molar-refractivity contribution < 1.29 is 15.0 Å². The molecule has 0 radical (unpaired) electrons. The van der Waals surface area contributed by atoms with Crippen LogP contribution in [0.3, 0.4) is 0 Å². The summed E-state index contributed by atoms with van der Waals surface area (Å²) < 4.78 is 0. The maximum absolute atomic E-state index is 11.5. The van der Waals surface area contributed by atoms with E-state index >= 15 is 0 Å². The highest BCUT2D eigenvalue weighted by atomic mass is 79.9. The van der Waals surface area contributed by atoms with Crippen LogP contribution in [0.1, 0.15) is 20.8 Å². The van der Waals surface area contributed by atoms with Crippen molar-refractivity contribution >= 4 is 21.8 Å². The molecule has 0 aromatic rings. The number of carbonyl (C=O) groups excluding carboxylic acids is 1. The summed E-state index contributed by atoms with van der Waals surface area (Å²) in [7, 11) is 0. The van der Waals surface area contributed by atoms with Gasteiger partial charge in [0.05, 0.1) is 23.6 Å². The van der Waals surface area contributed by atoms with Crippen LogP contribution < -0.4 is 5.32 Å². The van der Waals surface area contributed by atoms with E-state index in [2.05, 4.69) is 21.2 Å². The second-order valence-corrected chi connectivity index (χ2v) is 5.00. The molecule has 14 heavy (non-hydrogen) atoms. The van der Waals surface area contributed by atoms with Crippen LogP contribution in [0, 0.1) is 5.92 Å². The largest absolute Gasteiger partial charge is 0.394 e. The van der Waals surface area contributed by atoms with Crippen LogP contribution >= 0.6 is 15.9 Å². The summed E-state index contributed by atoms with van der Waals surface area (Å²) in [4.78, 5) is 11.2. The second-order valence-electron chi connectivity index (χ2n) is 4.01. The summed E-state index contributed by atoms with van der Waals surface area (Å²) in [6.07, 6.45) is 0. The van der Waals surface area contributed by atoms with E-state index in [1.807, 2.05) is 13.8 Å². The highest BCUT2D eigenvalue weighted by Crippen LogP contribution is 2.13. The molecule has 84 valence electrons. The van der Waals surface area contributed by atoms with Crippen LogP contribution in [0.4, 0.5) is 0 Å². The maximum atomic E-state index is 11.5. The zero-order valence-electron chi connectivity index (χ0n) is 8.75. The van der Waals surface area contributed by atoms with E-state index in [1.165, 1.54) is 0 Å². The van der Waals surface area contributed by atoms with Gasteiger partial charge in [-0.3, -0.25) is 4.79 Å². The molecular weight excluding hydrogens is 250 g/mol. The van der Waals surface area contributed by atoms with Crippen molar-refractivity contribution in [1.29, 1.82) is 0 Å². The number of halogens is 1. The number of amides is 1. The van der Waals surface area contributed by atoms with Crippen LogP contribution in [-0.2, 0) is 4.79 Å². The average molecular weight is 268 g/mol. The molecule has 0 aliphatic heterocycles. The predicted octanol–water partition coefficient (Wildman–Crippen LogP) is 0.265. The molecule has 5 heteroatoms. The van der Waals surface area contributed by atoms with Gasteiger partial charge in [0.1, 0.15) is 0 Å². The van der Waals surface area contributed by atoms with Gasteiger partial charge in [0.25, 0.3) is 0 Å². The van der Waals surface area contributed by atoms with Gasteiger partial charge in [-0.15, -0.1) is 0 Å². The van der Waals surface area contributed by atoms with Gasteiger partial charge in [0.2, 0.25) is 5.91 Å². The molecule has 0 fully saturated rings. The van der Waals surface area contributed by atoms with Crippen molar-refractivity contribution in [2.75, 3.05) is 13.2 Å². The fraction of sp³-hybridized carbons (Fsp3) is 0.889. The SMILES string of the molecule is CC(C)C(Br)C(=O)NC(C)(CO)CO. The van der Waals surface area contributed by atoms with E-state index in [4.69, 9.17) is 10.2 Å². The van der Waals surface area contributed by atoms with Crippen molar-refractivity contribution in [3.63, 3.8) is 0 Å². The van der Waals surface area contributed by atoms with Gasteiger partial charge in [-0.1, -0.05) is 29.8 Å². The molecule has 0 rings (SSSR count). The smallest absolute Gasteiger partial charge is 0.234 e. The van der Waals surface area contributed by atoms with Gasteiger partial charge >= 0.3 is 0 Å². The van der Waals surface area contributed by atoms with Crippen molar-refractivity contribution in [2.24, 2.45) is 5.92 Å². The molecule has 0 aliphatic rings. The van der Waals surface area contributed by atoms with E-state index in [9.17, 15) is 4.79 Å². The normalized spacial score (nSPS) is 14.2. The lowest BCUT2D eigenvalue weighted by atomic mass is 10.0. The molecule has 1 amide bonds. The van der Waals surface area contributed by atoms with E-state index in [0.717, 1.165) is 0 Å². The Labute approximate surface area is 92.8 Å². The fourth-order valence-electron chi connectivity index (χ4n) is 0.798. The first kappa shape index (κ1) is 13.9. The van der Waals surface area contributed by atoms with Crippen LogP contribution in [-0.4, -0.2) is 39.7 Å². The molecule has 0 aromatic carbocycles. The topological polar surface area (TPSA) is 69.6 Å². The van der Waals surface area contributed by atoms with E-state index in [1.54, 1.807) is 6.92 Å². The van der Waals surface area contributed by atoms with Crippen molar-refractivity contribution in [1.82, 2.24) is 5.32 Å². The van der Waals surface area contributed by atoms with Gasteiger partial charge in [-0.25, -0.2) is 0 Å². The van der Waals surface area contributed by atoms with Gasteiger partial charge in [-0.05, 0) is 12.8 Å². The highest BCUT2D eigenvalue weighted by molar-refractivity contribution is 9.10. The van der Waals surface area contributed by atoms with Crippen LogP contribution in [0.2, 0.25) is 0 Å². The van der Waals surface area contributed by atoms with Gasteiger partial charge in [-0.2, -0.15) is 0 Å². The predicted molar refractivity (Wildman–Crippen MR) is 58.3 cm³/mol. The number of hydrogen-bond acceptors (Lipinski definition) is 3. The van der Waals surface area contributed by atoms with Crippen molar-refractivity contribution in [2.45, 2.75) is 31.1 Å². The first-order valence-corrected chi connectivity index (χ1v) is 5.45. The third-order valence-electron chi connectivity index (χ3n) is 1.96. The molecule has 1 unspecified atom stereocenters. The fourth-order valence-corrected chi connectivity index (χ4v) is 0.913. The molecule has 1 atom stereocenters. The third-order valence-corrected chi connectivity index (χ3v) is 3.43. The Morgan fingerprint density at radius 2 is 1.86 bits per heavy atom. The van der Waals surface area contributed by atoms with E-state index in [0.29, 0.717) is 0 Å². The quantitative estimate of drug-likeness (QED) is 0.627. The summed E-state index contributed by atoms with van der Waals surface area (Å²) in [6, 6.07) is 0. The Kier molecular flexibility index (Phi) is 5.63. The molecule has 0 heterocycles. The number of alkyl halides is 1. The molecule has 0 bridgehead atoms. The van der Waals surface area contributed by atoms with E-state index in [-0.39, 0.29) is 29.9 Å². The third kappa shape index (κ3) is 3.94. The summed E-state index contributed by atoms with van der Waals surface area (Å²) in [5, 5.41) is 20.5. The first-order chi connectivity index (χ1) is 6.36. The molecule has 3 N–H and O–H groups in total. The van der Waals surface area contributed by atoms with Crippen LogP contribution in [0.5, 0.6) is 0 Å². The Morgan fingerprint density at radius 3 is 2.14 bits per heavy atom. The summed E-state index contributed by atoms with van der Waals surface area (Å²) in [5.74, 6) is -0.0535. The average Bonchev–Trinajstić information content (AvgIpc) is 2.16. The summed E-state index contributed by atoms with van der Waals surface area (Å²) in [5.41, 5.74) is -0.946. The number of hydrogen-bond donors (Lipinski definition) is 3. The zero-order valence-corrected chi connectivity index (χ0v) is 10.3. The lowest BCUT2D eigenvalue weighted by molar-refractivity contribution is -0.124. The molecule has 0 aromatic heterocycles.